The highest BCUT2D eigenvalue weighted by Gasteiger charge is 2.16. The Kier molecular flexibility index (Phi) is 7.38. The number of nitrogens with two attached hydrogens (primary N) is 2. The summed E-state index contributed by atoms with van der Waals surface area (Å²) >= 11 is 7.54. The van der Waals surface area contributed by atoms with E-state index in [0.29, 0.717) is 17.0 Å². The lowest BCUT2D eigenvalue weighted by molar-refractivity contribution is 0.412. The van der Waals surface area contributed by atoms with Gasteiger partial charge in [-0.05, 0) is 24.6 Å². The summed E-state index contributed by atoms with van der Waals surface area (Å²) in [5.74, 6) is 6.83. The zero-order valence-corrected chi connectivity index (χ0v) is 16.1. The third-order valence-corrected chi connectivity index (χ3v) is 4.66. The van der Waals surface area contributed by atoms with Crippen LogP contribution < -0.4 is 26.0 Å². The van der Waals surface area contributed by atoms with Gasteiger partial charge in [0.2, 0.25) is 0 Å². The van der Waals surface area contributed by atoms with Crippen molar-refractivity contribution < 1.29 is 9.13 Å². The summed E-state index contributed by atoms with van der Waals surface area (Å²) in [6.45, 7) is 2.04. The molecule has 1 aromatic heterocycles. The lowest BCUT2D eigenvalue weighted by Crippen LogP contribution is -2.27. The van der Waals surface area contributed by atoms with Gasteiger partial charge in [-0.1, -0.05) is 30.5 Å². The number of halogens is 2. The normalized spacial score (nSPS) is 11.3. The van der Waals surface area contributed by atoms with Gasteiger partial charge in [-0.25, -0.2) is 10.2 Å². The minimum Gasteiger partial charge on any atom is -0.495 e. The summed E-state index contributed by atoms with van der Waals surface area (Å²) in [7, 11) is 1.53. The Morgan fingerprint density at radius 2 is 2.23 bits per heavy atom. The molecule has 0 unspecified atom stereocenters. The molecule has 26 heavy (non-hydrogen) atoms. The first kappa shape index (κ1) is 20.2. The molecule has 1 aromatic carbocycles. The number of hydrazine groups is 1. The van der Waals surface area contributed by atoms with Crippen LogP contribution in [0.2, 0.25) is 5.02 Å². The maximum atomic E-state index is 14.8. The lowest BCUT2D eigenvalue weighted by Gasteiger charge is -2.19. The predicted octanol–water partition coefficient (Wildman–Crippen LogP) is 3.99. The third kappa shape index (κ3) is 4.94. The van der Waals surface area contributed by atoms with Crippen LogP contribution in [-0.4, -0.2) is 17.8 Å². The highest BCUT2D eigenvalue weighted by atomic mass is 35.5. The monoisotopic (exact) mass is 397 g/mol. The van der Waals surface area contributed by atoms with Crippen LogP contribution >= 0.6 is 23.5 Å². The standard InChI is InChI=1S/C17H21ClFN5OS/c1-3-6-26-23-15-5-4-13(18)17(16(15)19)24(21)10-14(20)11-7-12(25-2)9-22-8-11/h4-5,7-10,23H,3,6,20-21H2,1-2H3/b14-10-. The maximum Gasteiger partial charge on any atom is 0.173 e. The molecule has 0 bridgehead atoms. The van der Waals surface area contributed by atoms with Crippen LogP contribution in [0.1, 0.15) is 18.9 Å². The number of pyridine rings is 1. The van der Waals surface area contributed by atoms with Crippen molar-refractivity contribution in [3.8, 4) is 5.75 Å². The average molecular weight is 398 g/mol. The SMILES string of the molecule is CCCSNc1ccc(Cl)c(N(N)/C=C(\N)c2cncc(OC)c2)c1F. The van der Waals surface area contributed by atoms with E-state index in [1.807, 2.05) is 6.92 Å². The zero-order chi connectivity index (χ0) is 19.1. The van der Waals surface area contributed by atoms with Gasteiger partial charge in [0.05, 0.1) is 29.7 Å². The molecule has 5 N–H and O–H groups in total. The third-order valence-electron chi connectivity index (χ3n) is 3.37. The number of ether oxygens (including phenoxy) is 1. The second kappa shape index (κ2) is 9.51. The molecular weight excluding hydrogens is 377 g/mol. The smallest absolute Gasteiger partial charge is 0.173 e. The fourth-order valence-electron chi connectivity index (χ4n) is 2.06. The van der Waals surface area contributed by atoms with E-state index in [1.54, 1.807) is 30.6 Å². The summed E-state index contributed by atoms with van der Waals surface area (Å²) in [5.41, 5.74) is 7.24. The highest BCUT2D eigenvalue weighted by molar-refractivity contribution is 8.00. The molecule has 140 valence electrons. The Morgan fingerprint density at radius 3 is 2.92 bits per heavy atom. The van der Waals surface area contributed by atoms with Crippen molar-refractivity contribution in [1.82, 2.24) is 4.98 Å². The minimum atomic E-state index is -0.559. The van der Waals surface area contributed by atoms with E-state index in [1.165, 1.54) is 25.3 Å². The molecule has 0 atom stereocenters. The summed E-state index contributed by atoms with van der Waals surface area (Å²) in [6.07, 6.45) is 5.45. The van der Waals surface area contributed by atoms with Gasteiger partial charge in [-0.2, -0.15) is 0 Å². The van der Waals surface area contributed by atoms with E-state index in [-0.39, 0.29) is 16.4 Å². The summed E-state index contributed by atoms with van der Waals surface area (Å²) in [6, 6.07) is 4.84. The summed E-state index contributed by atoms with van der Waals surface area (Å²) < 4.78 is 22.9. The fraction of sp³-hybridized carbons (Fsp3) is 0.235. The molecule has 0 aliphatic carbocycles. The van der Waals surface area contributed by atoms with Gasteiger partial charge in [-0.15, -0.1) is 0 Å². The van der Waals surface area contributed by atoms with E-state index < -0.39 is 5.82 Å². The van der Waals surface area contributed by atoms with Gasteiger partial charge >= 0.3 is 0 Å². The Labute approximate surface area is 161 Å². The number of methoxy groups -OCH3 is 1. The molecule has 0 fully saturated rings. The summed E-state index contributed by atoms with van der Waals surface area (Å²) in [4.78, 5) is 4.03. The van der Waals surface area contributed by atoms with Gasteiger partial charge in [0.25, 0.3) is 0 Å². The molecule has 0 saturated carbocycles. The minimum absolute atomic E-state index is 0.0209. The van der Waals surface area contributed by atoms with Gasteiger partial charge < -0.3 is 15.2 Å². The van der Waals surface area contributed by atoms with Crippen molar-refractivity contribution in [2.75, 3.05) is 22.6 Å². The second-order valence-corrected chi connectivity index (χ2v) is 6.62. The number of hydrogen-bond donors (Lipinski definition) is 3. The van der Waals surface area contributed by atoms with E-state index in [9.17, 15) is 4.39 Å². The molecule has 1 heterocycles. The van der Waals surface area contributed by atoms with Crippen LogP contribution in [-0.2, 0) is 0 Å². The molecule has 0 amide bonds. The Bertz CT molecular complexity index is 790. The molecule has 9 heteroatoms. The first-order valence-corrected chi connectivity index (χ1v) is 9.20. The molecule has 2 rings (SSSR count). The van der Waals surface area contributed by atoms with E-state index >= 15 is 0 Å². The molecule has 6 nitrogen and oxygen atoms in total. The Hall–Kier alpha value is -2.16. The van der Waals surface area contributed by atoms with Crippen LogP contribution in [0.5, 0.6) is 5.75 Å². The Balaban J connectivity index is 2.30. The van der Waals surface area contributed by atoms with Gasteiger partial charge in [0.1, 0.15) is 11.4 Å². The number of anilines is 2. The van der Waals surface area contributed by atoms with E-state index in [2.05, 4.69) is 9.71 Å². The molecule has 0 radical (unpaired) electrons. The van der Waals surface area contributed by atoms with Crippen molar-refractivity contribution in [2.24, 2.45) is 11.6 Å². The van der Waals surface area contributed by atoms with E-state index in [0.717, 1.165) is 17.2 Å². The molecular formula is C17H21ClFN5OS. The molecule has 0 aliphatic heterocycles. The van der Waals surface area contributed by atoms with Crippen molar-refractivity contribution in [3.05, 3.63) is 53.2 Å². The van der Waals surface area contributed by atoms with Crippen LogP contribution in [0.25, 0.3) is 5.70 Å². The van der Waals surface area contributed by atoms with Crippen molar-refractivity contribution >= 4 is 40.6 Å². The fourth-order valence-corrected chi connectivity index (χ4v) is 2.93. The summed E-state index contributed by atoms with van der Waals surface area (Å²) in [5, 5.41) is 1.23. The van der Waals surface area contributed by atoms with Crippen LogP contribution in [0.15, 0.2) is 36.8 Å². The molecule has 2 aromatic rings. The largest absolute Gasteiger partial charge is 0.495 e. The lowest BCUT2D eigenvalue weighted by atomic mass is 10.2. The van der Waals surface area contributed by atoms with Gasteiger partial charge in [0, 0.05) is 23.7 Å². The number of benzene rings is 1. The van der Waals surface area contributed by atoms with Crippen molar-refractivity contribution in [1.29, 1.82) is 0 Å². The topological polar surface area (TPSA) is 89.4 Å². The maximum absolute atomic E-state index is 14.8. The number of hydrogen-bond acceptors (Lipinski definition) is 7. The number of nitrogens with zero attached hydrogens (tertiary/aromatic N) is 2. The Morgan fingerprint density at radius 1 is 1.46 bits per heavy atom. The molecule has 0 spiro atoms. The van der Waals surface area contributed by atoms with E-state index in [4.69, 9.17) is 27.9 Å². The quantitative estimate of drug-likeness (QED) is 0.268. The first-order valence-electron chi connectivity index (χ1n) is 7.84. The zero-order valence-electron chi connectivity index (χ0n) is 14.5. The van der Waals surface area contributed by atoms with Crippen LogP contribution in [0, 0.1) is 5.82 Å². The van der Waals surface area contributed by atoms with Crippen LogP contribution in [0.3, 0.4) is 0 Å². The number of rotatable bonds is 8. The molecule has 0 aliphatic rings. The highest BCUT2D eigenvalue weighted by Crippen LogP contribution is 2.34. The van der Waals surface area contributed by atoms with Crippen LogP contribution in [0.4, 0.5) is 15.8 Å². The predicted molar refractivity (Wildman–Crippen MR) is 107 cm³/mol. The molecule has 0 saturated heterocycles. The van der Waals surface area contributed by atoms with Gasteiger partial charge in [-0.3, -0.25) is 9.99 Å². The average Bonchev–Trinajstić information content (AvgIpc) is 2.63. The first-order chi connectivity index (χ1) is 12.5. The van der Waals surface area contributed by atoms with Crippen molar-refractivity contribution in [2.45, 2.75) is 13.3 Å². The second-order valence-electron chi connectivity index (χ2n) is 5.31. The number of aromatic nitrogens is 1. The van der Waals surface area contributed by atoms with Crippen molar-refractivity contribution in [3.63, 3.8) is 0 Å². The number of nitrogens with one attached hydrogen (secondary N) is 1. The van der Waals surface area contributed by atoms with Gasteiger partial charge in [0.15, 0.2) is 5.82 Å².